The van der Waals surface area contributed by atoms with Crippen molar-refractivity contribution in [2.24, 2.45) is 0 Å². The van der Waals surface area contributed by atoms with Gasteiger partial charge in [0, 0.05) is 18.1 Å². The number of aromatic nitrogens is 2. The van der Waals surface area contributed by atoms with Crippen LogP contribution in [-0.2, 0) is 0 Å². The van der Waals surface area contributed by atoms with Gasteiger partial charge >= 0.3 is 0 Å². The van der Waals surface area contributed by atoms with E-state index in [4.69, 9.17) is 4.74 Å². The summed E-state index contributed by atoms with van der Waals surface area (Å²) in [6, 6.07) is 13.5. The second-order valence-corrected chi connectivity index (χ2v) is 7.00. The van der Waals surface area contributed by atoms with Crippen LogP contribution >= 0.6 is 0 Å². The third-order valence-corrected chi connectivity index (χ3v) is 4.51. The third-order valence-electron chi connectivity index (χ3n) is 4.51. The summed E-state index contributed by atoms with van der Waals surface area (Å²) in [7, 11) is 0. The Morgan fingerprint density at radius 1 is 1.07 bits per heavy atom. The van der Waals surface area contributed by atoms with Crippen molar-refractivity contribution in [3.63, 3.8) is 0 Å². The summed E-state index contributed by atoms with van der Waals surface area (Å²) in [4.78, 5) is 21.2. The van der Waals surface area contributed by atoms with Gasteiger partial charge in [-0.2, -0.15) is 0 Å². The minimum absolute atomic E-state index is 0.289. The number of nitrogens with one attached hydrogen (secondary N) is 2. The first-order valence-corrected chi connectivity index (χ1v) is 9.71. The summed E-state index contributed by atoms with van der Waals surface area (Å²) in [5.41, 5.74) is 4.31. The van der Waals surface area contributed by atoms with Crippen LogP contribution in [0.5, 0.6) is 5.75 Å². The van der Waals surface area contributed by atoms with Gasteiger partial charge in [0.05, 0.1) is 17.9 Å². The number of hydrogen-bond donors (Lipinski definition) is 2. The van der Waals surface area contributed by atoms with Crippen LogP contribution in [0.25, 0.3) is 0 Å². The summed E-state index contributed by atoms with van der Waals surface area (Å²) in [5, 5.41) is 6.14. The van der Waals surface area contributed by atoms with Crippen LogP contribution in [0.3, 0.4) is 0 Å². The highest BCUT2D eigenvalue weighted by atomic mass is 16.5. The van der Waals surface area contributed by atoms with Crippen LogP contribution in [0, 0.1) is 6.92 Å². The van der Waals surface area contributed by atoms with Crippen LogP contribution in [0.4, 0.5) is 17.3 Å². The molecule has 0 fully saturated rings. The molecule has 0 bridgehead atoms. The van der Waals surface area contributed by atoms with E-state index in [1.165, 1.54) is 18.0 Å². The summed E-state index contributed by atoms with van der Waals surface area (Å²) in [5.74, 6) is 1.16. The number of aryl methyl sites for hydroxylation is 1. The number of amides is 1. The van der Waals surface area contributed by atoms with Crippen LogP contribution in [0.1, 0.15) is 48.2 Å². The Labute approximate surface area is 171 Å². The fourth-order valence-corrected chi connectivity index (χ4v) is 3.01. The topological polar surface area (TPSA) is 76.1 Å². The van der Waals surface area contributed by atoms with E-state index in [0.29, 0.717) is 35.5 Å². The highest BCUT2D eigenvalue weighted by Crippen LogP contribution is 2.29. The van der Waals surface area contributed by atoms with Crippen LogP contribution in [0.15, 0.2) is 54.9 Å². The van der Waals surface area contributed by atoms with Gasteiger partial charge < -0.3 is 15.4 Å². The number of benzene rings is 2. The Morgan fingerprint density at radius 2 is 1.79 bits per heavy atom. The third kappa shape index (κ3) is 4.90. The smallest absolute Gasteiger partial charge is 0.258 e. The van der Waals surface area contributed by atoms with Crippen molar-refractivity contribution in [2.45, 2.75) is 33.6 Å². The zero-order valence-corrected chi connectivity index (χ0v) is 17.2. The molecule has 3 rings (SSSR count). The highest BCUT2D eigenvalue weighted by Gasteiger charge is 2.13. The minimum Gasteiger partial charge on any atom is -0.492 e. The van der Waals surface area contributed by atoms with Crippen molar-refractivity contribution in [1.82, 2.24) is 9.97 Å². The molecule has 0 atom stereocenters. The zero-order chi connectivity index (χ0) is 20.8. The molecule has 0 aliphatic carbocycles. The van der Waals surface area contributed by atoms with Gasteiger partial charge in [0.1, 0.15) is 5.75 Å². The molecule has 1 aromatic heterocycles. The lowest BCUT2D eigenvalue weighted by molar-refractivity contribution is 0.102. The largest absolute Gasteiger partial charge is 0.492 e. The predicted molar refractivity (Wildman–Crippen MR) is 116 cm³/mol. The molecule has 2 aromatic carbocycles. The van der Waals surface area contributed by atoms with Crippen molar-refractivity contribution in [2.75, 3.05) is 17.2 Å². The molecule has 150 valence electrons. The lowest BCUT2D eigenvalue weighted by atomic mass is 9.98. The fraction of sp³-hybridized carbons (Fsp3) is 0.261. The number of ether oxygens (including phenoxy) is 1. The Morgan fingerprint density at radius 3 is 2.48 bits per heavy atom. The lowest BCUT2D eigenvalue weighted by Crippen LogP contribution is -2.14. The van der Waals surface area contributed by atoms with Crippen molar-refractivity contribution < 1.29 is 9.53 Å². The van der Waals surface area contributed by atoms with E-state index >= 15 is 0 Å². The number of nitrogens with zero attached hydrogens (tertiary/aromatic N) is 2. The van der Waals surface area contributed by atoms with E-state index in [1.54, 1.807) is 6.07 Å². The summed E-state index contributed by atoms with van der Waals surface area (Å²) in [6.07, 6.45) is 3.03. The monoisotopic (exact) mass is 390 g/mol. The molecule has 6 nitrogen and oxygen atoms in total. The van der Waals surface area contributed by atoms with Gasteiger partial charge in [-0.1, -0.05) is 44.2 Å². The summed E-state index contributed by atoms with van der Waals surface area (Å²) in [6.45, 7) is 8.76. The maximum Gasteiger partial charge on any atom is 0.258 e. The second-order valence-electron chi connectivity index (χ2n) is 7.00. The molecule has 0 radical (unpaired) electrons. The Bertz CT molecular complexity index is 984. The number of para-hydroxylation sites is 3. The standard InChI is InChI=1S/C23H26N4O2/c1-5-29-20-12-7-6-11-19(20)26-22(28)17-13-24-23(25-14-17)27-21-16(4)9-8-10-18(21)15(2)3/h6-15H,5H2,1-4H3,(H,26,28)(H,24,25,27). The molecule has 1 heterocycles. The van der Waals surface area contributed by atoms with E-state index in [-0.39, 0.29) is 5.91 Å². The van der Waals surface area contributed by atoms with Crippen molar-refractivity contribution in [3.8, 4) is 5.75 Å². The zero-order valence-electron chi connectivity index (χ0n) is 17.2. The minimum atomic E-state index is -0.289. The molecule has 0 spiro atoms. The van der Waals surface area contributed by atoms with Crippen molar-refractivity contribution in [3.05, 3.63) is 71.5 Å². The van der Waals surface area contributed by atoms with Crippen LogP contribution < -0.4 is 15.4 Å². The average Bonchev–Trinajstić information content (AvgIpc) is 2.71. The van der Waals surface area contributed by atoms with Crippen LogP contribution in [0.2, 0.25) is 0 Å². The Kier molecular flexibility index (Phi) is 6.44. The van der Waals surface area contributed by atoms with Crippen LogP contribution in [-0.4, -0.2) is 22.5 Å². The first kappa shape index (κ1) is 20.3. The first-order valence-electron chi connectivity index (χ1n) is 9.71. The number of rotatable bonds is 7. The molecule has 1 amide bonds. The van der Waals surface area contributed by atoms with Gasteiger partial charge in [0.25, 0.3) is 5.91 Å². The molecule has 3 aromatic rings. The molecular weight excluding hydrogens is 364 g/mol. The molecule has 6 heteroatoms. The molecular formula is C23H26N4O2. The van der Waals surface area contributed by atoms with Gasteiger partial charge in [-0.25, -0.2) is 9.97 Å². The Balaban J connectivity index is 1.75. The van der Waals surface area contributed by atoms with Gasteiger partial charge in [0.15, 0.2) is 0 Å². The van der Waals surface area contributed by atoms with E-state index in [1.807, 2.05) is 44.2 Å². The molecule has 29 heavy (non-hydrogen) atoms. The van der Waals surface area contributed by atoms with E-state index in [9.17, 15) is 4.79 Å². The molecule has 0 aliphatic rings. The number of carbonyl (C=O) groups is 1. The number of carbonyl (C=O) groups excluding carboxylic acids is 1. The Hall–Kier alpha value is -3.41. The van der Waals surface area contributed by atoms with Crippen molar-refractivity contribution >= 4 is 23.2 Å². The molecule has 0 saturated heterocycles. The maximum atomic E-state index is 12.6. The second kappa shape index (κ2) is 9.19. The fourth-order valence-electron chi connectivity index (χ4n) is 3.01. The number of anilines is 3. The van der Waals surface area contributed by atoms with Crippen molar-refractivity contribution in [1.29, 1.82) is 0 Å². The normalized spacial score (nSPS) is 10.7. The van der Waals surface area contributed by atoms with Gasteiger partial charge in [-0.3, -0.25) is 4.79 Å². The van der Waals surface area contributed by atoms with E-state index in [0.717, 1.165) is 11.3 Å². The average molecular weight is 390 g/mol. The SMILES string of the molecule is CCOc1ccccc1NC(=O)c1cnc(Nc2c(C)cccc2C(C)C)nc1. The van der Waals surface area contributed by atoms with E-state index < -0.39 is 0 Å². The highest BCUT2D eigenvalue weighted by molar-refractivity contribution is 6.04. The van der Waals surface area contributed by atoms with Gasteiger partial charge in [-0.05, 0) is 43.0 Å². The molecule has 0 unspecified atom stereocenters. The van der Waals surface area contributed by atoms with E-state index in [2.05, 4.69) is 40.5 Å². The molecule has 0 aliphatic heterocycles. The first-order chi connectivity index (χ1) is 14.0. The maximum absolute atomic E-state index is 12.6. The van der Waals surface area contributed by atoms with Gasteiger partial charge in [0.2, 0.25) is 5.95 Å². The quantitative estimate of drug-likeness (QED) is 0.572. The number of hydrogen-bond acceptors (Lipinski definition) is 5. The molecule has 2 N–H and O–H groups in total. The molecule has 0 saturated carbocycles. The lowest BCUT2D eigenvalue weighted by Gasteiger charge is -2.16. The summed E-state index contributed by atoms with van der Waals surface area (Å²) >= 11 is 0. The predicted octanol–water partition coefficient (Wildman–Crippen LogP) is 5.30. The summed E-state index contributed by atoms with van der Waals surface area (Å²) < 4.78 is 5.54. The van der Waals surface area contributed by atoms with Gasteiger partial charge in [-0.15, -0.1) is 0 Å².